The number of rotatable bonds is 3. The molecule has 2 aromatic carbocycles. The Bertz CT molecular complexity index is 1030. The van der Waals surface area contributed by atoms with Crippen molar-refractivity contribution in [2.24, 2.45) is 5.92 Å². The highest BCUT2D eigenvalue weighted by atomic mass is 16.7. The second-order valence-corrected chi connectivity index (χ2v) is 8.46. The third kappa shape index (κ3) is 3.58. The van der Waals surface area contributed by atoms with Crippen LogP contribution >= 0.6 is 0 Å². The lowest BCUT2D eigenvalue weighted by molar-refractivity contribution is -0.121. The third-order valence-electron chi connectivity index (χ3n) is 6.57. The SMILES string of the molecule is C[C@@H]1Oc2c(C(=O)N3CCC(C(=O)Nc4ccc5c(c4)OCO5)CC3)cccc2[C@H]1C. The van der Waals surface area contributed by atoms with E-state index < -0.39 is 0 Å². The smallest absolute Gasteiger partial charge is 0.257 e. The number of carbonyl (C=O) groups excluding carboxylic acids is 2. The average molecular weight is 422 g/mol. The Morgan fingerprint density at radius 2 is 1.81 bits per heavy atom. The van der Waals surface area contributed by atoms with Crippen LogP contribution in [-0.2, 0) is 4.79 Å². The van der Waals surface area contributed by atoms with Gasteiger partial charge in [0.2, 0.25) is 12.7 Å². The van der Waals surface area contributed by atoms with Crippen molar-refractivity contribution >= 4 is 17.5 Å². The molecule has 31 heavy (non-hydrogen) atoms. The number of nitrogens with zero attached hydrogens (tertiary/aromatic N) is 1. The first-order chi connectivity index (χ1) is 15.0. The van der Waals surface area contributed by atoms with Crippen molar-refractivity contribution in [3.05, 3.63) is 47.5 Å². The first-order valence-corrected chi connectivity index (χ1v) is 10.8. The van der Waals surface area contributed by atoms with Gasteiger partial charge in [-0.15, -0.1) is 0 Å². The van der Waals surface area contributed by atoms with Crippen LogP contribution in [0.4, 0.5) is 5.69 Å². The summed E-state index contributed by atoms with van der Waals surface area (Å²) in [6.07, 6.45) is 1.32. The fraction of sp³-hybridized carbons (Fsp3) is 0.417. The number of piperidine rings is 1. The van der Waals surface area contributed by atoms with Gasteiger partial charge >= 0.3 is 0 Å². The molecule has 162 valence electrons. The summed E-state index contributed by atoms with van der Waals surface area (Å²) >= 11 is 0. The number of likely N-dealkylation sites (tertiary alicyclic amines) is 1. The van der Waals surface area contributed by atoms with Gasteiger partial charge in [-0.3, -0.25) is 9.59 Å². The van der Waals surface area contributed by atoms with Gasteiger partial charge < -0.3 is 24.4 Å². The van der Waals surface area contributed by atoms with Crippen molar-refractivity contribution in [1.82, 2.24) is 4.90 Å². The monoisotopic (exact) mass is 422 g/mol. The van der Waals surface area contributed by atoms with Gasteiger partial charge in [0, 0.05) is 42.2 Å². The van der Waals surface area contributed by atoms with Gasteiger partial charge in [0.05, 0.1) is 5.56 Å². The van der Waals surface area contributed by atoms with E-state index in [1.807, 2.05) is 36.1 Å². The molecule has 1 fully saturated rings. The number of fused-ring (bicyclic) bond motifs is 2. The molecule has 0 saturated carbocycles. The molecule has 5 rings (SSSR count). The van der Waals surface area contributed by atoms with Crippen molar-refractivity contribution in [2.45, 2.75) is 38.7 Å². The molecule has 3 aliphatic heterocycles. The first kappa shape index (κ1) is 19.7. The number of amides is 2. The fourth-order valence-electron chi connectivity index (χ4n) is 4.49. The molecule has 0 unspecified atom stereocenters. The summed E-state index contributed by atoms with van der Waals surface area (Å²) in [5, 5.41) is 2.96. The summed E-state index contributed by atoms with van der Waals surface area (Å²) in [7, 11) is 0. The maximum atomic E-state index is 13.2. The fourth-order valence-corrected chi connectivity index (χ4v) is 4.49. The molecule has 3 aliphatic rings. The zero-order valence-electron chi connectivity index (χ0n) is 17.7. The maximum Gasteiger partial charge on any atom is 0.257 e. The van der Waals surface area contributed by atoms with Gasteiger partial charge in [0.15, 0.2) is 11.5 Å². The molecule has 7 heteroatoms. The normalized spacial score (nSPS) is 22.1. The molecular weight excluding hydrogens is 396 g/mol. The number of para-hydroxylation sites is 1. The van der Waals surface area contributed by atoms with Crippen LogP contribution in [-0.4, -0.2) is 42.7 Å². The summed E-state index contributed by atoms with van der Waals surface area (Å²) < 4.78 is 16.7. The number of carbonyl (C=O) groups is 2. The Morgan fingerprint density at radius 3 is 2.61 bits per heavy atom. The molecule has 2 atom stereocenters. The van der Waals surface area contributed by atoms with E-state index in [0.29, 0.717) is 48.7 Å². The molecule has 7 nitrogen and oxygen atoms in total. The predicted octanol–water partition coefficient (Wildman–Crippen LogP) is 3.79. The standard InChI is InChI=1S/C24H26N2O5/c1-14-15(2)31-22-18(14)4-3-5-19(22)24(28)26-10-8-16(9-11-26)23(27)25-17-6-7-20-21(12-17)30-13-29-20/h3-7,12,14-16H,8-11,13H2,1-2H3,(H,25,27)/t14-,15-/m0/s1. The van der Waals surface area contributed by atoms with Crippen LogP contribution in [0.15, 0.2) is 36.4 Å². The molecule has 0 spiro atoms. The minimum Gasteiger partial charge on any atom is -0.489 e. The van der Waals surface area contributed by atoms with Crippen LogP contribution in [0, 0.1) is 5.92 Å². The lowest BCUT2D eigenvalue weighted by atomic mass is 9.94. The van der Waals surface area contributed by atoms with E-state index in [0.717, 1.165) is 11.3 Å². The molecule has 0 aromatic heterocycles. The van der Waals surface area contributed by atoms with Gasteiger partial charge in [0.1, 0.15) is 11.9 Å². The van der Waals surface area contributed by atoms with Gasteiger partial charge in [-0.1, -0.05) is 19.1 Å². The van der Waals surface area contributed by atoms with Gasteiger partial charge in [-0.25, -0.2) is 0 Å². The summed E-state index contributed by atoms with van der Waals surface area (Å²) in [6, 6.07) is 11.2. The van der Waals surface area contributed by atoms with Gasteiger partial charge in [-0.2, -0.15) is 0 Å². The second-order valence-electron chi connectivity index (χ2n) is 8.46. The van der Waals surface area contributed by atoms with Crippen molar-refractivity contribution in [3.63, 3.8) is 0 Å². The highest BCUT2D eigenvalue weighted by Crippen LogP contribution is 2.41. The van der Waals surface area contributed by atoms with Crippen LogP contribution in [0.25, 0.3) is 0 Å². The zero-order chi connectivity index (χ0) is 21.5. The number of hydrogen-bond donors (Lipinski definition) is 1. The molecule has 0 radical (unpaired) electrons. The molecule has 3 heterocycles. The molecular formula is C24H26N2O5. The predicted molar refractivity (Wildman–Crippen MR) is 115 cm³/mol. The van der Waals surface area contributed by atoms with E-state index in [2.05, 4.69) is 12.2 Å². The number of benzene rings is 2. The minimum absolute atomic E-state index is 0.0206. The number of ether oxygens (including phenoxy) is 3. The van der Waals surface area contributed by atoms with Crippen molar-refractivity contribution < 1.29 is 23.8 Å². The van der Waals surface area contributed by atoms with Crippen molar-refractivity contribution in [3.8, 4) is 17.2 Å². The van der Waals surface area contributed by atoms with Gasteiger partial charge in [0.25, 0.3) is 5.91 Å². The van der Waals surface area contributed by atoms with Crippen LogP contribution in [0.3, 0.4) is 0 Å². The number of anilines is 1. The van der Waals surface area contributed by atoms with Crippen molar-refractivity contribution in [2.75, 3.05) is 25.2 Å². The topological polar surface area (TPSA) is 77.1 Å². The summed E-state index contributed by atoms with van der Waals surface area (Å²) in [5.41, 5.74) is 2.40. The second kappa shape index (κ2) is 7.80. The molecule has 2 aromatic rings. The molecule has 2 amide bonds. The molecule has 0 aliphatic carbocycles. The Balaban J connectivity index is 1.21. The highest BCUT2D eigenvalue weighted by Gasteiger charge is 2.34. The van der Waals surface area contributed by atoms with Crippen LogP contribution in [0.1, 0.15) is 48.5 Å². The van der Waals surface area contributed by atoms with Gasteiger partial charge in [-0.05, 0) is 38.0 Å². The quantitative estimate of drug-likeness (QED) is 0.814. The molecule has 1 saturated heterocycles. The van der Waals surface area contributed by atoms with E-state index in [1.54, 1.807) is 12.1 Å². The molecule has 1 N–H and O–H groups in total. The van der Waals surface area contributed by atoms with E-state index in [-0.39, 0.29) is 36.5 Å². The lowest BCUT2D eigenvalue weighted by Crippen LogP contribution is -2.41. The minimum atomic E-state index is -0.132. The summed E-state index contributed by atoms with van der Waals surface area (Å²) in [5.74, 6) is 2.13. The largest absolute Gasteiger partial charge is 0.489 e. The first-order valence-electron chi connectivity index (χ1n) is 10.8. The number of nitrogens with one attached hydrogen (secondary N) is 1. The van der Waals surface area contributed by atoms with E-state index >= 15 is 0 Å². The van der Waals surface area contributed by atoms with Crippen molar-refractivity contribution in [1.29, 1.82) is 0 Å². The Morgan fingerprint density at radius 1 is 1.03 bits per heavy atom. The third-order valence-corrected chi connectivity index (χ3v) is 6.57. The Labute approximate surface area is 181 Å². The van der Waals surface area contributed by atoms with Crippen LogP contribution < -0.4 is 19.5 Å². The lowest BCUT2D eigenvalue weighted by Gasteiger charge is -2.31. The highest BCUT2D eigenvalue weighted by molar-refractivity contribution is 5.98. The van der Waals surface area contributed by atoms with E-state index in [4.69, 9.17) is 14.2 Å². The Kier molecular flexibility index (Phi) is 4.96. The zero-order valence-corrected chi connectivity index (χ0v) is 17.7. The summed E-state index contributed by atoms with van der Waals surface area (Å²) in [6.45, 7) is 5.45. The summed E-state index contributed by atoms with van der Waals surface area (Å²) in [4.78, 5) is 27.7. The van der Waals surface area contributed by atoms with E-state index in [9.17, 15) is 9.59 Å². The average Bonchev–Trinajstić information content (AvgIpc) is 3.37. The Hall–Kier alpha value is -3.22. The van der Waals surface area contributed by atoms with E-state index in [1.165, 1.54) is 0 Å². The number of hydrogen-bond acceptors (Lipinski definition) is 5. The van der Waals surface area contributed by atoms with Crippen LogP contribution in [0.5, 0.6) is 17.2 Å². The maximum absolute atomic E-state index is 13.2. The molecule has 0 bridgehead atoms. The van der Waals surface area contributed by atoms with Crippen LogP contribution in [0.2, 0.25) is 0 Å².